The maximum atomic E-state index is 12.4. The number of aromatic carboxylic acids is 1. The lowest BCUT2D eigenvalue weighted by atomic mass is 10.1. The SMILES string of the molecule is COc1ccc(C(=O)Nc2ccc(Br)cc2C(=O)O)c(OC)n1. The highest BCUT2D eigenvalue weighted by Gasteiger charge is 2.18. The van der Waals surface area contributed by atoms with Gasteiger partial charge in [-0.15, -0.1) is 0 Å². The summed E-state index contributed by atoms with van der Waals surface area (Å²) in [4.78, 5) is 27.7. The van der Waals surface area contributed by atoms with Crippen LogP contribution < -0.4 is 14.8 Å². The number of rotatable bonds is 5. The van der Waals surface area contributed by atoms with Crippen LogP contribution in [-0.4, -0.2) is 36.2 Å². The first-order chi connectivity index (χ1) is 11.0. The number of hydrogen-bond acceptors (Lipinski definition) is 5. The minimum Gasteiger partial charge on any atom is -0.481 e. The average molecular weight is 381 g/mol. The van der Waals surface area contributed by atoms with Crippen LogP contribution in [0.25, 0.3) is 0 Å². The fourth-order valence-corrected chi connectivity index (χ4v) is 2.22. The number of carboxylic acid groups (broad SMARTS) is 1. The molecule has 1 amide bonds. The zero-order valence-electron chi connectivity index (χ0n) is 12.3. The van der Waals surface area contributed by atoms with Crippen LogP contribution in [0.4, 0.5) is 5.69 Å². The highest BCUT2D eigenvalue weighted by atomic mass is 79.9. The Hall–Kier alpha value is -2.61. The lowest BCUT2D eigenvalue weighted by Gasteiger charge is -2.11. The number of pyridine rings is 1. The van der Waals surface area contributed by atoms with Gasteiger partial charge in [-0.1, -0.05) is 15.9 Å². The zero-order valence-corrected chi connectivity index (χ0v) is 13.9. The average Bonchev–Trinajstić information content (AvgIpc) is 2.55. The minimum atomic E-state index is -1.15. The lowest BCUT2D eigenvalue weighted by molar-refractivity contribution is 0.0698. The topological polar surface area (TPSA) is 97.8 Å². The van der Waals surface area contributed by atoms with E-state index >= 15 is 0 Å². The maximum absolute atomic E-state index is 12.4. The van der Waals surface area contributed by atoms with E-state index in [9.17, 15) is 14.7 Å². The molecule has 0 saturated heterocycles. The summed E-state index contributed by atoms with van der Waals surface area (Å²) >= 11 is 3.19. The summed E-state index contributed by atoms with van der Waals surface area (Å²) in [6.07, 6.45) is 0. The van der Waals surface area contributed by atoms with Crippen molar-refractivity contribution in [1.29, 1.82) is 0 Å². The molecule has 8 heteroatoms. The number of benzene rings is 1. The summed E-state index contributed by atoms with van der Waals surface area (Å²) in [5.41, 5.74) is 0.296. The van der Waals surface area contributed by atoms with Crippen molar-refractivity contribution in [3.05, 3.63) is 45.9 Å². The van der Waals surface area contributed by atoms with Gasteiger partial charge in [0.2, 0.25) is 11.8 Å². The van der Waals surface area contributed by atoms with Gasteiger partial charge in [0.1, 0.15) is 5.56 Å². The van der Waals surface area contributed by atoms with Crippen molar-refractivity contribution in [3.63, 3.8) is 0 Å². The van der Waals surface area contributed by atoms with E-state index in [0.717, 1.165) is 0 Å². The third-order valence-electron chi connectivity index (χ3n) is 2.94. The number of anilines is 1. The van der Waals surface area contributed by atoms with Gasteiger partial charge in [-0.2, -0.15) is 4.98 Å². The molecule has 23 heavy (non-hydrogen) atoms. The number of nitrogens with zero attached hydrogens (tertiary/aromatic N) is 1. The number of aromatic nitrogens is 1. The number of carbonyl (C=O) groups is 2. The van der Waals surface area contributed by atoms with Crippen molar-refractivity contribution in [3.8, 4) is 11.8 Å². The van der Waals surface area contributed by atoms with Gasteiger partial charge in [-0.25, -0.2) is 4.79 Å². The zero-order chi connectivity index (χ0) is 17.0. The Morgan fingerprint density at radius 3 is 2.48 bits per heavy atom. The molecule has 1 heterocycles. The monoisotopic (exact) mass is 380 g/mol. The third kappa shape index (κ3) is 3.78. The first kappa shape index (κ1) is 16.8. The normalized spacial score (nSPS) is 10.0. The Morgan fingerprint density at radius 1 is 1.13 bits per heavy atom. The molecule has 2 rings (SSSR count). The first-order valence-electron chi connectivity index (χ1n) is 6.39. The van der Waals surface area contributed by atoms with E-state index in [1.54, 1.807) is 6.07 Å². The molecule has 0 aliphatic rings. The molecule has 0 radical (unpaired) electrons. The second kappa shape index (κ2) is 7.10. The van der Waals surface area contributed by atoms with Crippen LogP contribution in [-0.2, 0) is 0 Å². The van der Waals surface area contributed by atoms with Crippen LogP contribution in [0.2, 0.25) is 0 Å². The van der Waals surface area contributed by atoms with Gasteiger partial charge in [-0.3, -0.25) is 4.79 Å². The van der Waals surface area contributed by atoms with Crippen LogP contribution in [0, 0.1) is 0 Å². The van der Waals surface area contributed by atoms with Crippen LogP contribution >= 0.6 is 15.9 Å². The fraction of sp³-hybridized carbons (Fsp3) is 0.133. The van der Waals surface area contributed by atoms with Gasteiger partial charge in [-0.05, 0) is 24.3 Å². The number of carboxylic acids is 1. The van der Waals surface area contributed by atoms with E-state index in [-0.39, 0.29) is 22.7 Å². The molecule has 0 bridgehead atoms. The molecule has 1 aromatic carbocycles. The van der Waals surface area contributed by atoms with E-state index in [1.165, 1.54) is 38.5 Å². The van der Waals surface area contributed by atoms with Crippen molar-refractivity contribution >= 4 is 33.5 Å². The van der Waals surface area contributed by atoms with Crippen molar-refractivity contribution in [2.24, 2.45) is 0 Å². The Kier molecular flexibility index (Phi) is 5.17. The summed E-state index contributed by atoms with van der Waals surface area (Å²) in [5.74, 6) is -1.31. The quantitative estimate of drug-likeness (QED) is 0.827. The fourth-order valence-electron chi connectivity index (χ4n) is 1.86. The van der Waals surface area contributed by atoms with Crippen molar-refractivity contribution in [1.82, 2.24) is 4.98 Å². The molecule has 0 spiro atoms. The number of ether oxygens (including phenoxy) is 2. The smallest absolute Gasteiger partial charge is 0.337 e. The number of nitrogens with one attached hydrogen (secondary N) is 1. The number of hydrogen-bond donors (Lipinski definition) is 2. The summed E-state index contributed by atoms with van der Waals surface area (Å²) in [6.45, 7) is 0. The predicted octanol–water partition coefficient (Wildman–Crippen LogP) is 2.81. The Labute approximate surface area is 140 Å². The number of methoxy groups -OCH3 is 2. The molecule has 0 fully saturated rings. The van der Waals surface area contributed by atoms with Crippen molar-refractivity contribution < 1.29 is 24.2 Å². The van der Waals surface area contributed by atoms with Crippen LogP contribution in [0.15, 0.2) is 34.8 Å². The molecular formula is C15H13BrN2O5. The summed E-state index contributed by atoms with van der Waals surface area (Å²) in [7, 11) is 2.82. The molecule has 2 aromatic rings. The molecular weight excluding hydrogens is 368 g/mol. The number of amides is 1. The summed E-state index contributed by atoms with van der Waals surface area (Å²) < 4.78 is 10.6. The second-order valence-electron chi connectivity index (χ2n) is 4.36. The Balaban J connectivity index is 2.35. The van der Waals surface area contributed by atoms with Gasteiger partial charge in [0, 0.05) is 10.5 Å². The van der Waals surface area contributed by atoms with E-state index in [0.29, 0.717) is 10.4 Å². The molecule has 0 aliphatic heterocycles. The molecule has 0 saturated carbocycles. The van der Waals surface area contributed by atoms with E-state index in [2.05, 4.69) is 26.2 Å². The van der Waals surface area contributed by atoms with Crippen molar-refractivity contribution in [2.75, 3.05) is 19.5 Å². The van der Waals surface area contributed by atoms with Gasteiger partial charge in [0.15, 0.2) is 0 Å². The summed E-state index contributed by atoms with van der Waals surface area (Å²) in [6, 6.07) is 7.53. The van der Waals surface area contributed by atoms with Gasteiger partial charge in [0.05, 0.1) is 25.5 Å². The number of halogens is 1. The van der Waals surface area contributed by atoms with E-state index < -0.39 is 11.9 Å². The van der Waals surface area contributed by atoms with E-state index in [1.807, 2.05) is 0 Å². The molecule has 120 valence electrons. The van der Waals surface area contributed by atoms with Gasteiger partial charge < -0.3 is 19.9 Å². The number of carbonyl (C=O) groups excluding carboxylic acids is 1. The highest BCUT2D eigenvalue weighted by Crippen LogP contribution is 2.24. The second-order valence-corrected chi connectivity index (χ2v) is 5.28. The molecule has 2 N–H and O–H groups in total. The third-order valence-corrected chi connectivity index (χ3v) is 3.44. The summed E-state index contributed by atoms with van der Waals surface area (Å²) in [5, 5.41) is 11.8. The molecule has 7 nitrogen and oxygen atoms in total. The molecule has 0 unspecified atom stereocenters. The van der Waals surface area contributed by atoms with Crippen LogP contribution in [0.3, 0.4) is 0 Å². The standard InChI is InChI=1S/C15H13BrN2O5/c1-22-12-6-4-9(14(18-12)23-2)13(19)17-11-5-3-8(16)7-10(11)15(20)21/h3-7H,1-2H3,(H,17,19)(H,20,21). The first-order valence-corrected chi connectivity index (χ1v) is 7.18. The highest BCUT2D eigenvalue weighted by molar-refractivity contribution is 9.10. The molecule has 1 aromatic heterocycles. The molecule has 0 atom stereocenters. The largest absolute Gasteiger partial charge is 0.481 e. The Morgan fingerprint density at radius 2 is 1.87 bits per heavy atom. The maximum Gasteiger partial charge on any atom is 0.337 e. The van der Waals surface area contributed by atoms with Gasteiger partial charge in [0.25, 0.3) is 5.91 Å². The van der Waals surface area contributed by atoms with Gasteiger partial charge >= 0.3 is 5.97 Å². The van der Waals surface area contributed by atoms with Crippen LogP contribution in [0.5, 0.6) is 11.8 Å². The minimum absolute atomic E-state index is 0.0341. The molecule has 0 aliphatic carbocycles. The van der Waals surface area contributed by atoms with Crippen LogP contribution in [0.1, 0.15) is 20.7 Å². The predicted molar refractivity (Wildman–Crippen MR) is 86.4 cm³/mol. The van der Waals surface area contributed by atoms with E-state index in [4.69, 9.17) is 9.47 Å². The lowest BCUT2D eigenvalue weighted by Crippen LogP contribution is -2.16. The van der Waals surface area contributed by atoms with Crippen molar-refractivity contribution in [2.45, 2.75) is 0 Å². The Bertz CT molecular complexity index is 764.